The average molecular weight is 427 g/mol. The van der Waals surface area contributed by atoms with Crippen molar-refractivity contribution in [1.29, 1.82) is 0 Å². The number of hydrogen-bond acceptors (Lipinski definition) is 4. The van der Waals surface area contributed by atoms with E-state index in [1.807, 2.05) is 70.1 Å². The minimum Gasteiger partial charge on any atom is -0.483 e. The molecule has 0 saturated carbocycles. The number of piperidine rings is 1. The van der Waals surface area contributed by atoms with E-state index in [0.717, 1.165) is 48.6 Å². The van der Waals surface area contributed by atoms with Gasteiger partial charge in [-0.05, 0) is 42.2 Å². The highest BCUT2D eigenvalue weighted by Crippen LogP contribution is 2.27. The van der Waals surface area contributed by atoms with Gasteiger partial charge in [-0.25, -0.2) is 0 Å². The number of carbonyl (C=O) groups is 1. The fraction of sp³-hybridized carbons (Fsp3) is 0.269. The number of likely N-dealkylation sites (tertiary alicyclic amines) is 1. The van der Waals surface area contributed by atoms with Crippen molar-refractivity contribution >= 4 is 11.6 Å². The summed E-state index contributed by atoms with van der Waals surface area (Å²) in [6, 6.07) is 24.1. The molecule has 0 N–H and O–H groups in total. The van der Waals surface area contributed by atoms with Crippen molar-refractivity contribution in [1.82, 2.24) is 19.5 Å². The third kappa shape index (κ3) is 4.35. The molecule has 4 aromatic rings. The first kappa shape index (κ1) is 20.2. The molecule has 6 heteroatoms. The molecule has 162 valence electrons. The van der Waals surface area contributed by atoms with Crippen LogP contribution in [0.3, 0.4) is 0 Å². The van der Waals surface area contributed by atoms with Crippen molar-refractivity contribution in [2.45, 2.75) is 25.2 Å². The minimum atomic E-state index is 0.0121. The Hall–Kier alpha value is -3.67. The summed E-state index contributed by atoms with van der Waals surface area (Å²) in [7, 11) is 0. The normalized spacial score (nSPS) is 16.2. The lowest BCUT2D eigenvalue weighted by atomic mass is 9.97. The van der Waals surface area contributed by atoms with Gasteiger partial charge in [0.2, 0.25) is 0 Å². The van der Waals surface area contributed by atoms with Crippen LogP contribution in [0.15, 0.2) is 79.0 Å². The van der Waals surface area contributed by atoms with Crippen LogP contribution in [0.4, 0.5) is 0 Å². The molecule has 1 amide bonds. The van der Waals surface area contributed by atoms with Crippen LogP contribution in [0.5, 0.6) is 5.75 Å². The molecule has 1 saturated heterocycles. The first-order valence-corrected chi connectivity index (χ1v) is 11.1. The van der Waals surface area contributed by atoms with E-state index in [0.29, 0.717) is 6.54 Å². The molecule has 1 atom stereocenters. The van der Waals surface area contributed by atoms with Crippen molar-refractivity contribution in [2.24, 2.45) is 0 Å². The molecule has 5 rings (SSSR count). The lowest BCUT2D eigenvalue weighted by Gasteiger charge is -2.32. The Morgan fingerprint density at radius 3 is 2.69 bits per heavy atom. The number of carbonyl (C=O) groups excluding carboxylic acids is 1. The topological polar surface area (TPSA) is 59.7 Å². The van der Waals surface area contributed by atoms with Crippen LogP contribution in [0.1, 0.15) is 35.7 Å². The summed E-state index contributed by atoms with van der Waals surface area (Å²) in [5.41, 5.74) is 3.14. The second kappa shape index (κ2) is 9.22. The number of pyridine rings is 1. The fourth-order valence-corrected chi connectivity index (χ4v) is 4.39. The highest BCUT2D eigenvalue weighted by atomic mass is 16.5. The Balaban J connectivity index is 1.24. The van der Waals surface area contributed by atoms with Gasteiger partial charge in [-0.2, -0.15) is 0 Å². The van der Waals surface area contributed by atoms with Crippen molar-refractivity contribution < 1.29 is 9.53 Å². The zero-order valence-corrected chi connectivity index (χ0v) is 17.9. The maximum atomic E-state index is 13.0. The van der Waals surface area contributed by atoms with Crippen LogP contribution in [0, 0.1) is 0 Å². The largest absolute Gasteiger partial charge is 0.483 e. The van der Waals surface area contributed by atoms with Crippen molar-refractivity contribution in [3.63, 3.8) is 0 Å². The number of aromatic nitrogens is 3. The van der Waals surface area contributed by atoms with Gasteiger partial charge in [0.1, 0.15) is 11.6 Å². The molecule has 1 aliphatic heterocycles. The average Bonchev–Trinajstić information content (AvgIpc) is 3.28. The zero-order valence-electron chi connectivity index (χ0n) is 17.9. The molecular weight excluding hydrogens is 400 g/mol. The third-order valence-corrected chi connectivity index (χ3v) is 6.04. The summed E-state index contributed by atoms with van der Waals surface area (Å²) in [6.07, 6.45) is 4.71. The highest BCUT2D eigenvalue weighted by molar-refractivity contribution is 5.78. The lowest BCUT2D eigenvalue weighted by Crippen LogP contribution is -2.42. The van der Waals surface area contributed by atoms with Gasteiger partial charge in [0.05, 0.1) is 0 Å². The van der Waals surface area contributed by atoms with Crippen LogP contribution in [-0.2, 0) is 11.2 Å². The predicted octanol–water partition coefficient (Wildman–Crippen LogP) is 4.11. The van der Waals surface area contributed by atoms with Crippen molar-refractivity contribution in [3.05, 3.63) is 95.9 Å². The van der Waals surface area contributed by atoms with Gasteiger partial charge in [0.15, 0.2) is 12.3 Å². The van der Waals surface area contributed by atoms with Gasteiger partial charge in [-0.3, -0.25) is 9.20 Å². The number of amides is 1. The van der Waals surface area contributed by atoms with Crippen LogP contribution in [-0.4, -0.2) is 45.1 Å². The molecule has 0 spiro atoms. The summed E-state index contributed by atoms with van der Waals surface area (Å²) in [4.78, 5) is 14.9. The van der Waals surface area contributed by atoms with E-state index in [-0.39, 0.29) is 18.4 Å². The van der Waals surface area contributed by atoms with E-state index in [9.17, 15) is 4.79 Å². The van der Waals surface area contributed by atoms with E-state index < -0.39 is 0 Å². The molecular formula is C26H26N4O2. The van der Waals surface area contributed by atoms with Gasteiger partial charge in [0, 0.05) is 31.6 Å². The van der Waals surface area contributed by atoms with E-state index in [1.54, 1.807) is 0 Å². The van der Waals surface area contributed by atoms with E-state index in [1.165, 1.54) is 5.56 Å². The highest BCUT2D eigenvalue weighted by Gasteiger charge is 2.28. The number of fused-ring (bicyclic) bond motifs is 1. The quantitative estimate of drug-likeness (QED) is 0.466. The third-order valence-electron chi connectivity index (χ3n) is 6.04. The number of rotatable bonds is 6. The Morgan fingerprint density at radius 2 is 1.78 bits per heavy atom. The first-order chi connectivity index (χ1) is 15.8. The minimum absolute atomic E-state index is 0.0121. The van der Waals surface area contributed by atoms with Gasteiger partial charge < -0.3 is 9.64 Å². The Kier molecular flexibility index (Phi) is 5.83. The summed E-state index contributed by atoms with van der Waals surface area (Å²) < 4.78 is 8.02. The molecule has 2 aromatic heterocycles. The Morgan fingerprint density at radius 1 is 0.969 bits per heavy atom. The standard InChI is InChI=1S/C26H26N4O2/c31-25(19-32-23-13-5-4-11-21(23)17-20-9-2-1-3-10-20)29-15-8-12-22(18-29)26-28-27-24-14-6-7-16-30(24)26/h1-7,9-11,13-14,16,22H,8,12,15,17-19H2/t22-/m0/s1. The molecule has 1 aliphatic rings. The van der Waals surface area contributed by atoms with Crippen molar-refractivity contribution in [3.8, 4) is 5.75 Å². The van der Waals surface area contributed by atoms with Gasteiger partial charge in [0.25, 0.3) is 5.91 Å². The number of benzene rings is 2. The summed E-state index contributed by atoms with van der Waals surface area (Å²) in [5, 5.41) is 8.67. The summed E-state index contributed by atoms with van der Waals surface area (Å²) >= 11 is 0. The maximum Gasteiger partial charge on any atom is 0.260 e. The Bertz CT molecular complexity index is 1200. The number of para-hydroxylation sites is 1. The number of hydrogen-bond donors (Lipinski definition) is 0. The molecule has 32 heavy (non-hydrogen) atoms. The molecule has 0 aliphatic carbocycles. The molecule has 0 radical (unpaired) electrons. The summed E-state index contributed by atoms with van der Waals surface area (Å²) in [6.45, 7) is 1.43. The smallest absolute Gasteiger partial charge is 0.260 e. The van der Waals surface area contributed by atoms with Crippen LogP contribution >= 0.6 is 0 Å². The van der Waals surface area contributed by atoms with E-state index in [4.69, 9.17) is 4.74 Å². The summed E-state index contributed by atoms with van der Waals surface area (Å²) in [5.74, 6) is 1.88. The molecule has 6 nitrogen and oxygen atoms in total. The van der Waals surface area contributed by atoms with Crippen molar-refractivity contribution in [2.75, 3.05) is 19.7 Å². The second-order valence-electron chi connectivity index (χ2n) is 8.22. The molecule has 2 aromatic carbocycles. The predicted molar refractivity (Wildman–Crippen MR) is 123 cm³/mol. The molecule has 0 unspecified atom stereocenters. The van der Waals surface area contributed by atoms with Crippen LogP contribution in [0.25, 0.3) is 5.65 Å². The second-order valence-corrected chi connectivity index (χ2v) is 8.22. The number of nitrogens with zero attached hydrogens (tertiary/aromatic N) is 4. The zero-order chi connectivity index (χ0) is 21.8. The SMILES string of the molecule is O=C(COc1ccccc1Cc1ccccc1)N1CCC[C@H](c2nnc3ccccn23)C1. The van der Waals surface area contributed by atoms with E-state index in [2.05, 4.69) is 28.4 Å². The number of ether oxygens (including phenoxy) is 1. The van der Waals surface area contributed by atoms with Gasteiger partial charge >= 0.3 is 0 Å². The molecule has 1 fully saturated rings. The van der Waals surface area contributed by atoms with E-state index >= 15 is 0 Å². The van der Waals surface area contributed by atoms with Crippen LogP contribution in [0.2, 0.25) is 0 Å². The van der Waals surface area contributed by atoms with Gasteiger partial charge in [-0.1, -0.05) is 54.6 Å². The fourth-order valence-electron chi connectivity index (χ4n) is 4.39. The van der Waals surface area contributed by atoms with Crippen LogP contribution < -0.4 is 4.74 Å². The molecule has 0 bridgehead atoms. The Labute approximate surface area is 187 Å². The first-order valence-electron chi connectivity index (χ1n) is 11.1. The van der Waals surface area contributed by atoms with Gasteiger partial charge in [-0.15, -0.1) is 10.2 Å². The monoisotopic (exact) mass is 426 g/mol. The maximum absolute atomic E-state index is 13.0. The lowest BCUT2D eigenvalue weighted by molar-refractivity contribution is -0.134. The molecule has 3 heterocycles.